The molecule has 0 saturated heterocycles. The molecule has 154 valence electrons. The number of nitrogens with one attached hydrogen (secondary N) is 1. The Morgan fingerprint density at radius 1 is 1.15 bits per heavy atom. The smallest absolute Gasteiger partial charge is 0.243 e. The number of amides is 2. The first-order valence-corrected chi connectivity index (χ1v) is 8.27. The van der Waals surface area contributed by atoms with Crippen molar-refractivity contribution in [2.75, 3.05) is 27.7 Å². The molecule has 26 heavy (non-hydrogen) atoms. The predicted molar refractivity (Wildman–Crippen MR) is 105 cm³/mol. The zero-order chi connectivity index (χ0) is 20.8. The van der Waals surface area contributed by atoms with Gasteiger partial charge in [-0.2, -0.15) is 0 Å². The van der Waals surface area contributed by atoms with Gasteiger partial charge in [0.05, 0.1) is 27.7 Å². The van der Waals surface area contributed by atoms with E-state index < -0.39 is 11.4 Å². The number of hydrogen-bond donors (Lipinski definition) is 2. The van der Waals surface area contributed by atoms with Gasteiger partial charge < -0.3 is 27.9 Å². The summed E-state index contributed by atoms with van der Waals surface area (Å²) in [6, 6.07) is 0. The van der Waals surface area contributed by atoms with Gasteiger partial charge in [-0.15, -0.1) is 0 Å². The van der Waals surface area contributed by atoms with Crippen molar-refractivity contribution in [1.29, 1.82) is 0 Å². The maximum atomic E-state index is 10.9. The van der Waals surface area contributed by atoms with Gasteiger partial charge in [0.1, 0.15) is 5.78 Å². The highest BCUT2D eigenvalue weighted by molar-refractivity contribution is 5.90. The van der Waals surface area contributed by atoms with Crippen molar-refractivity contribution >= 4 is 17.6 Å². The molecule has 0 fully saturated rings. The largest absolute Gasteiger partial charge is 1.00 e. The number of rotatable bonds is 7. The van der Waals surface area contributed by atoms with Gasteiger partial charge in [-0.05, 0) is 40.2 Å². The summed E-state index contributed by atoms with van der Waals surface area (Å²) in [6.45, 7) is 16.8. The van der Waals surface area contributed by atoms with Crippen molar-refractivity contribution in [3.05, 3.63) is 24.8 Å². The second kappa shape index (κ2) is 15.6. The van der Waals surface area contributed by atoms with Crippen LogP contribution in [0.5, 0.6) is 0 Å². The third-order valence-corrected chi connectivity index (χ3v) is 2.65. The SMILES string of the molecule is C=C(C)C(N)=O.C=CC(=O)NC(C)(C)CC(C)=O.CCC[N+](C)(C)C.[Cl-]. The van der Waals surface area contributed by atoms with Crippen LogP contribution in [0.1, 0.15) is 47.5 Å². The average molecular weight is 392 g/mol. The van der Waals surface area contributed by atoms with E-state index in [0.717, 1.165) is 4.48 Å². The van der Waals surface area contributed by atoms with Crippen molar-refractivity contribution in [2.45, 2.75) is 53.0 Å². The monoisotopic (exact) mass is 391 g/mol. The standard InChI is InChI=1S/C9H15NO2.C6H16N.C4H7NO.ClH/c1-5-8(12)10-9(3,4)6-7(2)11;1-5-6-7(2,3)4;1-3(2)4(5)6;/h5H,1,6H2,2-4H3,(H,10,12);5-6H2,1-4H3;1H2,2H3,(H2,5,6);1H/q;+1;;/p-1. The maximum absolute atomic E-state index is 10.9. The van der Waals surface area contributed by atoms with Gasteiger partial charge in [-0.1, -0.05) is 20.1 Å². The number of Topliss-reactive ketones (excluding diaryl/α,β-unsaturated/α-hetero) is 1. The minimum atomic E-state index is -0.475. The lowest BCUT2D eigenvalue weighted by atomic mass is 9.98. The molecule has 3 N–H and O–H groups in total. The molecule has 0 aliphatic carbocycles. The summed E-state index contributed by atoms with van der Waals surface area (Å²) in [5, 5.41) is 2.66. The number of quaternary nitrogens is 1. The Bertz CT molecular complexity index is 455. The molecule has 0 spiro atoms. The van der Waals surface area contributed by atoms with Gasteiger partial charge in [0.25, 0.3) is 0 Å². The van der Waals surface area contributed by atoms with Crippen LogP contribution >= 0.6 is 0 Å². The molecule has 0 unspecified atom stereocenters. The Balaban J connectivity index is -0.000000149. The molecular formula is C19H38ClN3O3. The Morgan fingerprint density at radius 3 is 1.69 bits per heavy atom. The highest BCUT2D eigenvalue weighted by Gasteiger charge is 2.20. The van der Waals surface area contributed by atoms with Crippen LogP contribution in [0.4, 0.5) is 0 Å². The summed E-state index contributed by atoms with van der Waals surface area (Å²) in [6.07, 6.45) is 2.82. The number of halogens is 1. The molecule has 0 rings (SSSR count). The molecular weight excluding hydrogens is 354 g/mol. The van der Waals surface area contributed by atoms with Crippen LogP contribution in [0, 0.1) is 0 Å². The quantitative estimate of drug-likeness (QED) is 0.440. The van der Waals surface area contributed by atoms with Gasteiger partial charge in [0.15, 0.2) is 0 Å². The highest BCUT2D eigenvalue weighted by Crippen LogP contribution is 2.08. The molecule has 0 aliphatic rings. The van der Waals surface area contributed by atoms with Gasteiger partial charge in [0.2, 0.25) is 11.8 Å². The van der Waals surface area contributed by atoms with Crippen molar-refractivity contribution in [3.8, 4) is 0 Å². The van der Waals surface area contributed by atoms with Crippen LogP contribution in [0.2, 0.25) is 0 Å². The lowest BCUT2D eigenvalue weighted by Gasteiger charge is -2.23. The molecule has 6 nitrogen and oxygen atoms in total. The molecule has 0 aromatic rings. The van der Waals surface area contributed by atoms with E-state index in [4.69, 9.17) is 5.73 Å². The summed E-state index contributed by atoms with van der Waals surface area (Å²) >= 11 is 0. The zero-order valence-corrected chi connectivity index (χ0v) is 18.5. The topological polar surface area (TPSA) is 89.3 Å². The van der Waals surface area contributed by atoms with E-state index in [1.165, 1.54) is 26.0 Å². The van der Waals surface area contributed by atoms with Gasteiger partial charge >= 0.3 is 0 Å². The van der Waals surface area contributed by atoms with Gasteiger partial charge in [-0.25, -0.2) is 0 Å². The number of carbonyl (C=O) groups excluding carboxylic acids is 3. The Labute approximate surface area is 165 Å². The Hall–Kier alpha value is -1.66. The summed E-state index contributed by atoms with van der Waals surface area (Å²) in [5.74, 6) is -0.624. The fraction of sp³-hybridized carbons (Fsp3) is 0.632. The van der Waals surface area contributed by atoms with Crippen molar-refractivity contribution < 1.29 is 31.3 Å². The molecule has 0 radical (unpaired) electrons. The number of carbonyl (C=O) groups is 3. The van der Waals surface area contributed by atoms with Crippen LogP contribution in [0.15, 0.2) is 24.8 Å². The first kappa shape index (κ1) is 32.0. The minimum absolute atomic E-state index is 0. The molecule has 0 bridgehead atoms. The van der Waals surface area contributed by atoms with E-state index in [0.29, 0.717) is 12.0 Å². The van der Waals surface area contributed by atoms with Crippen LogP contribution in [0.3, 0.4) is 0 Å². The normalized spacial score (nSPS) is 9.85. The summed E-state index contributed by atoms with van der Waals surface area (Å²) in [4.78, 5) is 31.4. The third kappa shape index (κ3) is 30.2. The van der Waals surface area contributed by atoms with E-state index in [1.54, 1.807) is 20.8 Å². The van der Waals surface area contributed by atoms with Gasteiger partial charge in [-0.3, -0.25) is 14.4 Å². The Kier molecular flexibility index (Phi) is 19.2. The first-order chi connectivity index (χ1) is 11.1. The number of ketones is 1. The average Bonchev–Trinajstić information content (AvgIpc) is 2.36. The third-order valence-electron chi connectivity index (χ3n) is 2.65. The maximum Gasteiger partial charge on any atom is 0.243 e. The lowest BCUT2D eigenvalue weighted by Crippen LogP contribution is -3.00. The first-order valence-electron chi connectivity index (χ1n) is 8.27. The molecule has 0 heterocycles. The minimum Gasteiger partial charge on any atom is -1.00 e. The van der Waals surface area contributed by atoms with E-state index in [2.05, 4.69) is 46.5 Å². The highest BCUT2D eigenvalue weighted by atomic mass is 35.5. The Morgan fingerprint density at radius 2 is 1.54 bits per heavy atom. The van der Waals surface area contributed by atoms with Crippen LogP contribution < -0.4 is 23.5 Å². The van der Waals surface area contributed by atoms with Crippen LogP contribution in [0.25, 0.3) is 0 Å². The second-order valence-corrected chi connectivity index (χ2v) is 7.61. The number of primary amides is 1. The molecule has 0 aromatic heterocycles. The number of hydrogen-bond acceptors (Lipinski definition) is 3. The zero-order valence-electron chi connectivity index (χ0n) is 17.7. The van der Waals surface area contributed by atoms with Crippen LogP contribution in [-0.4, -0.2) is 55.3 Å². The van der Waals surface area contributed by atoms with Crippen molar-refractivity contribution in [3.63, 3.8) is 0 Å². The molecule has 7 heteroatoms. The molecule has 2 amide bonds. The molecule has 0 aliphatic heterocycles. The van der Waals surface area contributed by atoms with E-state index >= 15 is 0 Å². The molecule has 0 saturated carbocycles. The molecule has 0 aromatic carbocycles. The van der Waals surface area contributed by atoms with E-state index in [1.807, 2.05) is 0 Å². The predicted octanol–water partition coefficient (Wildman–Crippen LogP) is -0.799. The van der Waals surface area contributed by atoms with Crippen molar-refractivity contribution in [1.82, 2.24) is 5.32 Å². The van der Waals surface area contributed by atoms with Gasteiger partial charge in [0, 0.05) is 17.5 Å². The summed E-state index contributed by atoms with van der Waals surface area (Å²) in [5.41, 5.74) is 4.62. The molecule has 0 atom stereocenters. The summed E-state index contributed by atoms with van der Waals surface area (Å²) < 4.78 is 1.09. The van der Waals surface area contributed by atoms with Crippen molar-refractivity contribution in [2.24, 2.45) is 5.73 Å². The van der Waals surface area contributed by atoms with E-state index in [-0.39, 0.29) is 24.1 Å². The van der Waals surface area contributed by atoms with E-state index in [9.17, 15) is 14.4 Å². The lowest BCUT2D eigenvalue weighted by molar-refractivity contribution is -0.870. The summed E-state index contributed by atoms with van der Waals surface area (Å²) in [7, 11) is 6.64. The fourth-order valence-corrected chi connectivity index (χ4v) is 1.72. The second-order valence-electron chi connectivity index (χ2n) is 7.61. The number of nitrogens with two attached hydrogens (primary N) is 1. The fourth-order valence-electron chi connectivity index (χ4n) is 1.72. The van der Waals surface area contributed by atoms with Crippen LogP contribution in [-0.2, 0) is 14.4 Å². The number of nitrogens with zero attached hydrogens (tertiary/aromatic N) is 1.